The Kier molecular flexibility index (Phi) is 6.08. The zero-order chi connectivity index (χ0) is 15.2. The quantitative estimate of drug-likeness (QED) is 0.874. The Morgan fingerprint density at radius 2 is 1.71 bits per heavy atom. The van der Waals surface area contributed by atoms with Gasteiger partial charge < -0.3 is 5.73 Å². The Balaban J connectivity index is 1.86. The number of rotatable bonds is 6. The molecule has 3 nitrogen and oxygen atoms in total. The van der Waals surface area contributed by atoms with Gasteiger partial charge in [0.25, 0.3) is 0 Å². The van der Waals surface area contributed by atoms with Gasteiger partial charge in [-0.3, -0.25) is 9.80 Å². The van der Waals surface area contributed by atoms with Gasteiger partial charge in [0.05, 0.1) is 0 Å². The van der Waals surface area contributed by atoms with Crippen molar-refractivity contribution < 1.29 is 8.78 Å². The second-order valence-electron chi connectivity index (χ2n) is 5.77. The summed E-state index contributed by atoms with van der Waals surface area (Å²) in [6.45, 7) is 7.25. The Bertz CT molecular complexity index is 425. The molecule has 1 atom stereocenters. The summed E-state index contributed by atoms with van der Waals surface area (Å²) in [4.78, 5) is 4.68. The van der Waals surface area contributed by atoms with E-state index in [1.54, 1.807) is 0 Å². The zero-order valence-electron chi connectivity index (χ0n) is 12.7. The van der Waals surface area contributed by atoms with E-state index in [1.807, 2.05) is 0 Å². The highest BCUT2D eigenvalue weighted by molar-refractivity contribution is 5.17. The van der Waals surface area contributed by atoms with Crippen molar-refractivity contribution in [3.63, 3.8) is 0 Å². The molecule has 1 fully saturated rings. The van der Waals surface area contributed by atoms with E-state index >= 15 is 0 Å². The summed E-state index contributed by atoms with van der Waals surface area (Å²) in [5.41, 5.74) is 6.54. The maximum atomic E-state index is 13.2. The van der Waals surface area contributed by atoms with E-state index in [1.165, 1.54) is 12.1 Å². The number of nitrogens with two attached hydrogens (primary N) is 1. The minimum absolute atomic E-state index is 0.462. The van der Waals surface area contributed by atoms with Crippen LogP contribution in [0.1, 0.15) is 25.3 Å². The van der Waals surface area contributed by atoms with Crippen molar-refractivity contribution in [2.24, 2.45) is 5.73 Å². The monoisotopic (exact) mass is 297 g/mol. The maximum absolute atomic E-state index is 13.2. The number of halogens is 2. The predicted octanol–water partition coefficient (Wildman–Crippen LogP) is 2.21. The smallest absolute Gasteiger partial charge is 0.126 e. The van der Waals surface area contributed by atoms with Gasteiger partial charge in [-0.05, 0) is 24.1 Å². The third-order valence-electron chi connectivity index (χ3n) is 4.15. The molecule has 1 aromatic rings. The van der Waals surface area contributed by atoms with E-state index in [0.29, 0.717) is 24.7 Å². The first-order valence-corrected chi connectivity index (χ1v) is 7.73. The summed E-state index contributed by atoms with van der Waals surface area (Å²) >= 11 is 0. The molecule has 0 spiro atoms. The summed E-state index contributed by atoms with van der Waals surface area (Å²) in [7, 11) is 0. The highest BCUT2D eigenvalue weighted by Gasteiger charge is 2.22. The Morgan fingerprint density at radius 1 is 1.10 bits per heavy atom. The van der Waals surface area contributed by atoms with Gasteiger partial charge >= 0.3 is 0 Å². The standard InChI is InChI=1S/C16H25F2N3/c1-2-3-16(11-19)21-6-4-20(5-7-21)12-13-8-14(17)10-15(18)9-13/h8-10,16H,2-7,11-12,19H2,1H3. The minimum atomic E-state index is -0.505. The van der Waals surface area contributed by atoms with Crippen LogP contribution < -0.4 is 5.73 Å². The molecule has 0 aromatic heterocycles. The summed E-state index contributed by atoms with van der Waals surface area (Å²) in [6, 6.07) is 4.20. The van der Waals surface area contributed by atoms with Gasteiger partial charge in [-0.25, -0.2) is 8.78 Å². The van der Waals surface area contributed by atoms with E-state index in [0.717, 1.165) is 45.1 Å². The molecule has 1 aliphatic heterocycles. The number of piperazine rings is 1. The van der Waals surface area contributed by atoms with Crippen LogP contribution in [0.2, 0.25) is 0 Å². The fourth-order valence-corrected chi connectivity index (χ4v) is 3.03. The Labute approximate surface area is 125 Å². The fraction of sp³-hybridized carbons (Fsp3) is 0.625. The lowest BCUT2D eigenvalue weighted by Crippen LogP contribution is -2.52. The molecule has 0 radical (unpaired) electrons. The lowest BCUT2D eigenvalue weighted by Gasteiger charge is -2.39. The van der Waals surface area contributed by atoms with Crippen LogP contribution in [-0.2, 0) is 6.54 Å². The summed E-state index contributed by atoms with van der Waals surface area (Å²) in [6.07, 6.45) is 2.27. The SMILES string of the molecule is CCCC(CN)N1CCN(Cc2cc(F)cc(F)c2)CC1. The second kappa shape index (κ2) is 7.82. The van der Waals surface area contributed by atoms with Crippen LogP contribution in [-0.4, -0.2) is 48.6 Å². The number of hydrogen-bond acceptors (Lipinski definition) is 3. The molecule has 2 rings (SSSR count). The van der Waals surface area contributed by atoms with Crippen molar-refractivity contribution in [2.45, 2.75) is 32.4 Å². The van der Waals surface area contributed by atoms with Crippen molar-refractivity contribution in [1.82, 2.24) is 9.80 Å². The topological polar surface area (TPSA) is 32.5 Å². The van der Waals surface area contributed by atoms with Crippen LogP contribution in [0.3, 0.4) is 0 Å². The molecule has 1 unspecified atom stereocenters. The first kappa shape index (κ1) is 16.3. The summed E-state index contributed by atoms with van der Waals surface area (Å²) in [5.74, 6) is -1.01. The third kappa shape index (κ3) is 4.73. The largest absolute Gasteiger partial charge is 0.329 e. The van der Waals surface area contributed by atoms with Crippen molar-refractivity contribution in [3.8, 4) is 0 Å². The maximum Gasteiger partial charge on any atom is 0.126 e. The van der Waals surface area contributed by atoms with Crippen LogP contribution in [0.15, 0.2) is 18.2 Å². The minimum Gasteiger partial charge on any atom is -0.329 e. The molecular formula is C16H25F2N3. The summed E-state index contributed by atoms with van der Waals surface area (Å²) in [5, 5.41) is 0. The van der Waals surface area contributed by atoms with Crippen LogP contribution in [0.25, 0.3) is 0 Å². The van der Waals surface area contributed by atoms with Crippen molar-refractivity contribution in [2.75, 3.05) is 32.7 Å². The lowest BCUT2D eigenvalue weighted by atomic mass is 10.1. The molecule has 0 amide bonds. The Hall–Kier alpha value is -1.04. The highest BCUT2D eigenvalue weighted by Crippen LogP contribution is 2.14. The van der Waals surface area contributed by atoms with Gasteiger partial charge in [-0.1, -0.05) is 13.3 Å². The molecule has 0 aliphatic carbocycles. The molecule has 0 saturated carbocycles. The molecular weight excluding hydrogens is 272 g/mol. The molecule has 21 heavy (non-hydrogen) atoms. The van der Waals surface area contributed by atoms with Crippen molar-refractivity contribution in [1.29, 1.82) is 0 Å². The normalized spacial score (nSPS) is 18.9. The molecule has 1 aliphatic rings. The average molecular weight is 297 g/mol. The van der Waals surface area contributed by atoms with Crippen molar-refractivity contribution >= 4 is 0 Å². The van der Waals surface area contributed by atoms with Gasteiger partial charge in [-0.2, -0.15) is 0 Å². The van der Waals surface area contributed by atoms with Crippen molar-refractivity contribution in [3.05, 3.63) is 35.4 Å². The number of hydrogen-bond donors (Lipinski definition) is 1. The van der Waals surface area contributed by atoms with Crippen LogP contribution in [0, 0.1) is 11.6 Å². The molecule has 1 aromatic carbocycles. The number of benzene rings is 1. The molecule has 1 saturated heterocycles. The van der Waals surface area contributed by atoms with Gasteiger partial charge in [-0.15, -0.1) is 0 Å². The first-order chi connectivity index (χ1) is 10.1. The second-order valence-corrected chi connectivity index (χ2v) is 5.77. The van der Waals surface area contributed by atoms with Gasteiger partial charge in [0, 0.05) is 51.4 Å². The van der Waals surface area contributed by atoms with E-state index in [-0.39, 0.29) is 0 Å². The number of nitrogens with zero attached hydrogens (tertiary/aromatic N) is 2. The fourth-order valence-electron chi connectivity index (χ4n) is 3.03. The third-order valence-corrected chi connectivity index (χ3v) is 4.15. The van der Waals surface area contributed by atoms with Gasteiger partial charge in [0.1, 0.15) is 11.6 Å². The predicted molar refractivity (Wildman–Crippen MR) is 81.0 cm³/mol. The van der Waals surface area contributed by atoms with Crippen LogP contribution in [0.5, 0.6) is 0 Å². The highest BCUT2D eigenvalue weighted by atomic mass is 19.1. The lowest BCUT2D eigenvalue weighted by molar-refractivity contribution is 0.0904. The van der Waals surface area contributed by atoms with E-state index in [9.17, 15) is 8.78 Å². The average Bonchev–Trinajstić information content (AvgIpc) is 2.45. The Morgan fingerprint density at radius 3 is 2.24 bits per heavy atom. The molecule has 5 heteroatoms. The van der Waals surface area contributed by atoms with E-state index < -0.39 is 11.6 Å². The summed E-state index contributed by atoms with van der Waals surface area (Å²) < 4.78 is 26.4. The van der Waals surface area contributed by atoms with Gasteiger partial charge in [0.2, 0.25) is 0 Å². The molecule has 118 valence electrons. The van der Waals surface area contributed by atoms with E-state index in [4.69, 9.17) is 5.73 Å². The zero-order valence-corrected chi connectivity index (χ0v) is 12.7. The van der Waals surface area contributed by atoms with Crippen LogP contribution >= 0.6 is 0 Å². The van der Waals surface area contributed by atoms with Crippen LogP contribution in [0.4, 0.5) is 8.78 Å². The molecule has 0 bridgehead atoms. The molecule has 1 heterocycles. The molecule has 2 N–H and O–H groups in total. The van der Waals surface area contributed by atoms with Gasteiger partial charge in [0.15, 0.2) is 0 Å². The van der Waals surface area contributed by atoms with E-state index in [2.05, 4.69) is 16.7 Å². The first-order valence-electron chi connectivity index (χ1n) is 7.73.